The van der Waals surface area contributed by atoms with Crippen molar-refractivity contribution in [3.05, 3.63) is 89.5 Å². The number of hydrogen-bond donors (Lipinski definition) is 3. The van der Waals surface area contributed by atoms with Crippen LogP contribution in [0.15, 0.2) is 66.9 Å². The van der Waals surface area contributed by atoms with Gasteiger partial charge in [0.05, 0.1) is 12.3 Å². The van der Waals surface area contributed by atoms with Crippen LogP contribution in [-0.4, -0.2) is 38.5 Å². The number of aromatic nitrogens is 2. The molecule has 208 valence electrons. The summed E-state index contributed by atoms with van der Waals surface area (Å²) < 4.78 is 5.71. The number of carbonyl (C=O) groups is 2. The number of nitrogens with two attached hydrogens (primary N) is 1. The van der Waals surface area contributed by atoms with E-state index in [1.807, 2.05) is 60.7 Å². The largest absolute Gasteiger partial charge is 0.460 e. The molecule has 1 aromatic heterocycles. The Bertz CT molecular complexity index is 1210. The molecule has 1 unspecified atom stereocenters. The number of hydrogen-bond acceptors (Lipinski definition) is 6. The fraction of sp³-hybridized carbons (Fsp3) is 0.469. The Hall–Kier alpha value is -3.29. The zero-order valence-electron chi connectivity index (χ0n) is 23.2. The van der Waals surface area contributed by atoms with Crippen LogP contribution in [0.5, 0.6) is 0 Å². The summed E-state index contributed by atoms with van der Waals surface area (Å²) in [5.41, 5.74) is 8.20. The van der Waals surface area contributed by atoms with Gasteiger partial charge in [0, 0.05) is 17.9 Å². The van der Waals surface area contributed by atoms with Crippen molar-refractivity contribution >= 4 is 11.8 Å². The van der Waals surface area contributed by atoms with Crippen LogP contribution in [0.1, 0.15) is 92.3 Å². The molecule has 0 aliphatic heterocycles. The molecule has 0 radical (unpaired) electrons. The molecule has 7 heteroatoms. The summed E-state index contributed by atoms with van der Waals surface area (Å²) >= 11 is 0. The SMILES string of the molecule is CC(C)(C)OC(=O)[C@@H](C(N)c1ccccc1)[C@@H](O)C[C@@H](Cc1ccccc1)c1ncc(C(=O)C2CCCC2)[nH]1. The van der Waals surface area contributed by atoms with E-state index in [1.54, 1.807) is 27.0 Å². The summed E-state index contributed by atoms with van der Waals surface area (Å²) in [4.78, 5) is 34.3. The third-order valence-corrected chi connectivity index (χ3v) is 7.49. The summed E-state index contributed by atoms with van der Waals surface area (Å²) in [5, 5.41) is 11.6. The zero-order valence-corrected chi connectivity index (χ0v) is 23.2. The van der Waals surface area contributed by atoms with Crippen molar-refractivity contribution in [2.24, 2.45) is 17.6 Å². The summed E-state index contributed by atoms with van der Waals surface area (Å²) in [6.07, 6.45) is 5.27. The molecule has 3 aromatic rings. The smallest absolute Gasteiger partial charge is 0.314 e. The van der Waals surface area contributed by atoms with Gasteiger partial charge in [0.2, 0.25) is 0 Å². The number of Topliss-reactive ketones (excluding diaryl/α,β-unsaturated/α-hetero) is 1. The first-order valence-electron chi connectivity index (χ1n) is 14.0. The van der Waals surface area contributed by atoms with Crippen molar-refractivity contribution in [2.75, 3.05) is 0 Å². The number of ether oxygens (including phenoxy) is 1. The van der Waals surface area contributed by atoms with Crippen LogP contribution in [0.25, 0.3) is 0 Å². The number of ketones is 1. The second-order valence-electron chi connectivity index (χ2n) is 11.7. The van der Waals surface area contributed by atoms with Crippen LogP contribution in [0.3, 0.4) is 0 Å². The molecule has 0 saturated heterocycles. The summed E-state index contributed by atoms with van der Waals surface area (Å²) in [5.74, 6) is -1.04. The molecule has 4 atom stereocenters. The van der Waals surface area contributed by atoms with E-state index in [-0.39, 0.29) is 24.0 Å². The van der Waals surface area contributed by atoms with Crippen molar-refractivity contribution < 1.29 is 19.4 Å². The number of H-pyrrole nitrogens is 1. The number of aliphatic hydroxyl groups excluding tert-OH is 1. The van der Waals surface area contributed by atoms with Gasteiger partial charge in [-0.25, -0.2) is 4.98 Å². The molecule has 1 aliphatic rings. The van der Waals surface area contributed by atoms with Crippen molar-refractivity contribution in [3.8, 4) is 0 Å². The number of imidazole rings is 1. The Morgan fingerprint density at radius 1 is 1.05 bits per heavy atom. The third kappa shape index (κ3) is 7.64. The molecule has 4 N–H and O–H groups in total. The molecular formula is C32H41N3O4. The van der Waals surface area contributed by atoms with E-state index >= 15 is 0 Å². The van der Waals surface area contributed by atoms with E-state index in [1.165, 1.54) is 0 Å². The molecule has 7 nitrogen and oxygen atoms in total. The Kier molecular flexibility index (Phi) is 9.36. The Morgan fingerprint density at radius 3 is 2.28 bits per heavy atom. The minimum absolute atomic E-state index is 0.0388. The topological polar surface area (TPSA) is 118 Å². The average molecular weight is 532 g/mol. The van der Waals surface area contributed by atoms with Crippen LogP contribution in [0.2, 0.25) is 0 Å². The van der Waals surface area contributed by atoms with Gasteiger partial charge in [0.25, 0.3) is 0 Å². The molecule has 0 bridgehead atoms. The second-order valence-corrected chi connectivity index (χ2v) is 11.7. The number of rotatable bonds is 11. The quantitative estimate of drug-likeness (QED) is 0.222. The second kappa shape index (κ2) is 12.7. The molecule has 4 rings (SSSR count). The molecule has 1 heterocycles. The lowest BCUT2D eigenvalue weighted by Crippen LogP contribution is -2.42. The fourth-order valence-electron chi connectivity index (χ4n) is 5.50. The van der Waals surface area contributed by atoms with Crippen molar-refractivity contribution in [1.82, 2.24) is 9.97 Å². The fourth-order valence-corrected chi connectivity index (χ4v) is 5.50. The first-order chi connectivity index (χ1) is 18.6. The van der Waals surface area contributed by atoms with Gasteiger partial charge in [-0.05, 0) is 57.6 Å². The molecule has 39 heavy (non-hydrogen) atoms. The summed E-state index contributed by atoms with van der Waals surface area (Å²) in [6.45, 7) is 5.39. The van der Waals surface area contributed by atoms with E-state index < -0.39 is 29.6 Å². The maximum Gasteiger partial charge on any atom is 0.314 e. The lowest BCUT2D eigenvalue weighted by molar-refractivity contribution is -0.165. The minimum atomic E-state index is -1.11. The number of nitrogens with one attached hydrogen (secondary N) is 1. The number of carbonyl (C=O) groups excluding carboxylic acids is 2. The molecular weight excluding hydrogens is 490 g/mol. The number of aliphatic hydroxyl groups is 1. The zero-order chi connectivity index (χ0) is 28.0. The monoisotopic (exact) mass is 531 g/mol. The van der Waals surface area contributed by atoms with Crippen molar-refractivity contribution in [2.45, 2.75) is 83.0 Å². The predicted molar refractivity (Wildman–Crippen MR) is 151 cm³/mol. The Labute approximate surface area is 231 Å². The van der Waals surface area contributed by atoms with Gasteiger partial charge in [0.1, 0.15) is 23.0 Å². The number of aromatic amines is 1. The molecule has 1 fully saturated rings. The van der Waals surface area contributed by atoms with E-state index in [9.17, 15) is 14.7 Å². The first kappa shape index (κ1) is 28.7. The molecule has 1 saturated carbocycles. The summed E-state index contributed by atoms with van der Waals surface area (Å²) in [7, 11) is 0. The van der Waals surface area contributed by atoms with E-state index in [0.29, 0.717) is 17.9 Å². The molecule has 0 amide bonds. The van der Waals surface area contributed by atoms with Gasteiger partial charge < -0.3 is 20.6 Å². The first-order valence-corrected chi connectivity index (χ1v) is 14.0. The molecule has 1 aliphatic carbocycles. The molecule has 2 aromatic carbocycles. The van der Waals surface area contributed by atoms with Crippen LogP contribution in [0, 0.1) is 11.8 Å². The van der Waals surface area contributed by atoms with Gasteiger partial charge in [-0.1, -0.05) is 73.5 Å². The van der Waals surface area contributed by atoms with Crippen LogP contribution in [0.4, 0.5) is 0 Å². The van der Waals surface area contributed by atoms with E-state index in [0.717, 1.165) is 36.8 Å². The van der Waals surface area contributed by atoms with Crippen molar-refractivity contribution in [1.29, 1.82) is 0 Å². The van der Waals surface area contributed by atoms with Gasteiger partial charge in [-0.3, -0.25) is 9.59 Å². The van der Waals surface area contributed by atoms with E-state index in [2.05, 4.69) is 9.97 Å². The minimum Gasteiger partial charge on any atom is -0.460 e. The van der Waals surface area contributed by atoms with Gasteiger partial charge in [-0.2, -0.15) is 0 Å². The molecule has 0 spiro atoms. The Morgan fingerprint density at radius 2 is 1.67 bits per heavy atom. The van der Waals surface area contributed by atoms with Gasteiger partial charge >= 0.3 is 5.97 Å². The van der Waals surface area contributed by atoms with Crippen LogP contribution >= 0.6 is 0 Å². The summed E-state index contributed by atoms with van der Waals surface area (Å²) in [6, 6.07) is 18.5. The highest BCUT2D eigenvalue weighted by Crippen LogP contribution is 2.33. The van der Waals surface area contributed by atoms with Gasteiger partial charge in [-0.15, -0.1) is 0 Å². The van der Waals surface area contributed by atoms with Crippen LogP contribution in [-0.2, 0) is 16.0 Å². The van der Waals surface area contributed by atoms with Crippen molar-refractivity contribution in [3.63, 3.8) is 0 Å². The average Bonchev–Trinajstić information content (AvgIpc) is 3.61. The van der Waals surface area contributed by atoms with E-state index in [4.69, 9.17) is 10.5 Å². The maximum absolute atomic E-state index is 13.4. The number of esters is 1. The number of benzene rings is 2. The predicted octanol–water partition coefficient (Wildman–Crippen LogP) is 5.52. The highest BCUT2D eigenvalue weighted by molar-refractivity contribution is 5.96. The highest BCUT2D eigenvalue weighted by atomic mass is 16.6. The standard InChI is InChI=1S/C32H41N3O4/c1-32(2,3)39-31(38)27(28(33)22-14-8-5-9-15-22)26(36)19-24(18-21-12-6-4-7-13-21)30-34-20-25(35-30)29(37)23-16-10-11-17-23/h4-9,12-15,20,23-24,26-28,36H,10-11,16-19,33H2,1-3H3,(H,34,35)/t24-,26+,27-,28?/m1/s1. The highest BCUT2D eigenvalue weighted by Gasteiger charge is 2.38. The third-order valence-electron chi connectivity index (χ3n) is 7.49. The van der Waals surface area contributed by atoms with Gasteiger partial charge in [0.15, 0.2) is 5.78 Å². The number of nitrogens with zero attached hydrogens (tertiary/aromatic N) is 1. The Balaban J connectivity index is 1.62. The lowest BCUT2D eigenvalue weighted by Gasteiger charge is -2.32. The normalized spacial score (nSPS) is 17.4. The lowest BCUT2D eigenvalue weighted by atomic mass is 9.83. The maximum atomic E-state index is 13.4. The van der Waals surface area contributed by atoms with Crippen LogP contribution < -0.4 is 5.73 Å².